The van der Waals surface area contributed by atoms with E-state index in [1.807, 2.05) is 41.8 Å². The number of carbonyl (C=O) groups is 1. The number of rotatable bonds is 3. The molecular formula is C14H12O2S. The van der Waals surface area contributed by atoms with Crippen LogP contribution in [-0.4, -0.2) is 12.4 Å². The van der Waals surface area contributed by atoms with Crippen LogP contribution in [0.15, 0.2) is 41.8 Å². The Balaban J connectivity index is 1.80. The lowest BCUT2D eigenvalue weighted by molar-refractivity contribution is -0.120. The van der Waals surface area contributed by atoms with E-state index in [0.29, 0.717) is 13.0 Å². The zero-order chi connectivity index (χ0) is 11.7. The van der Waals surface area contributed by atoms with Crippen LogP contribution in [0.25, 0.3) is 0 Å². The minimum atomic E-state index is -0.0895. The van der Waals surface area contributed by atoms with E-state index in [1.165, 1.54) is 0 Å². The predicted octanol–water partition coefficient (Wildman–Crippen LogP) is 3.04. The van der Waals surface area contributed by atoms with Crippen molar-refractivity contribution in [2.45, 2.75) is 12.3 Å². The van der Waals surface area contributed by atoms with Gasteiger partial charge in [0.15, 0.2) is 0 Å². The molecule has 0 aliphatic carbocycles. The van der Waals surface area contributed by atoms with Gasteiger partial charge < -0.3 is 4.74 Å². The summed E-state index contributed by atoms with van der Waals surface area (Å²) < 4.78 is 5.53. The molecule has 2 heterocycles. The highest BCUT2D eigenvalue weighted by Crippen LogP contribution is 2.34. The molecule has 1 aromatic carbocycles. The van der Waals surface area contributed by atoms with Crippen molar-refractivity contribution in [3.8, 4) is 5.75 Å². The van der Waals surface area contributed by atoms with Crippen molar-refractivity contribution < 1.29 is 9.53 Å². The van der Waals surface area contributed by atoms with Gasteiger partial charge in [-0.3, -0.25) is 4.79 Å². The lowest BCUT2D eigenvalue weighted by Crippen LogP contribution is -2.15. The molecule has 0 bridgehead atoms. The molecule has 0 fully saturated rings. The third-order valence-corrected chi connectivity index (χ3v) is 3.89. The Bertz CT molecular complexity index is 531. The van der Waals surface area contributed by atoms with Crippen LogP contribution in [0, 0.1) is 0 Å². The maximum Gasteiger partial charge on any atom is 0.149 e. The second kappa shape index (κ2) is 4.34. The van der Waals surface area contributed by atoms with Crippen LogP contribution in [-0.2, 0) is 11.2 Å². The summed E-state index contributed by atoms with van der Waals surface area (Å²) in [6, 6.07) is 11.8. The van der Waals surface area contributed by atoms with E-state index in [0.717, 1.165) is 16.2 Å². The average molecular weight is 244 g/mol. The highest BCUT2D eigenvalue weighted by Gasteiger charge is 2.29. The lowest BCUT2D eigenvalue weighted by atomic mass is 9.95. The first-order chi connectivity index (χ1) is 8.34. The monoisotopic (exact) mass is 244 g/mol. The van der Waals surface area contributed by atoms with Crippen molar-refractivity contribution in [3.05, 3.63) is 52.2 Å². The SMILES string of the molecule is O=C(Cc1cccs1)C1COc2ccccc21. The van der Waals surface area contributed by atoms with Crippen LogP contribution in [0.4, 0.5) is 0 Å². The van der Waals surface area contributed by atoms with E-state index in [-0.39, 0.29) is 11.7 Å². The smallest absolute Gasteiger partial charge is 0.149 e. The first kappa shape index (κ1) is 10.5. The number of ketones is 1. The van der Waals surface area contributed by atoms with Crippen molar-refractivity contribution >= 4 is 17.1 Å². The van der Waals surface area contributed by atoms with E-state index in [1.54, 1.807) is 11.3 Å². The Hall–Kier alpha value is -1.61. The van der Waals surface area contributed by atoms with Gasteiger partial charge in [0, 0.05) is 16.9 Å². The minimum Gasteiger partial charge on any atom is -0.492 e. The number of hydrogen-bond acceptors (Lipinski definition) is 3. The van der Waals surface area contributed by atoms with Crippen LogP contribution in [0.5, 0.6) is 5.75 Å². The number of para-hydroxylation sites is 1. The van der Waals surface area contributed by atoms with E-state index in [2.05, 4.69) is 0 Å². The first-order valence-corrected chi connectivity index (χ1v) is 6.49. The molecule has 1 atom stereocenters. The summed E-state index contributed by atoms with van der Waals surface area (Å²) in [5, 5.41) is 2.00. The van der Waals surface area contributed by atoms with Crippen LogP contribution in [0.1, 0.15) is 16.4 Å². The molecule has 1 aliphatic rings. The summed E-state index contributed by atoms with van der Waals surface area (Å²) in [5.74, 6) is 1.02. The number of thiophene rings is 1. The predicted molar refractivity (Wildman–Crippen MR) is 67.7 cm³/mol. The van der Waals surface area contributed by atoms with Gasteiger partial charge in [-0.1, -0.05) is 24.3 Å². The topological polar surface area (TPSA) is 26.3 Å². The molecule has 2 nitrogen and oxygen atoms in total. The van der Waals surface area contributed by atoms with Gasteiger partial charge in [-0.2, -0.15) is 0 Å². The summed E-state index contributed by atoms with van der Waals surface area (Å²) in [5.41, 5.74) is 1.04. The first-order valence-electron chi connectivity index (χ1n) is 5.61. The molecule has 0 amide bonds. The third kappa shape index (κ3) is 1.98. The maximum absolute atomic E-state index is 12.2. The molecule has 3 heteroatoms. The third-order valence-electron chi connectivity index (χ3n) is 3.02. The van der Waals surface area contributed by atoms with Crippen molar-refractivity contribution in [1.29, 1.82) is 0 Å². The van der Waals surface area contributed by atoms with Crippen molar-refractivity contribution in [2.24, 2.45) is 0 Å². The second-order valence-electron chi connectivity index (χ2n) is 4.12. The molecule has 1 aliphatic heterocycles. The Kier molecular flexibility index (Phi) is 2.69. The Morgan fingerprint density at radius 2 is 2.18 bits per heavy atom. The van der Waals surface area contributed by atoms with E-state index >= 15 is 0 Å². The maximum atomic E-state index is 12.2. The van der Waals surface area contributed by atoms with Gasteiger partial charge in [0.2, 0.25) is 0 Å². The average Bonchev–Trinajstić information content (AvgIpc) is 2.96. The lowest BCUT2D eigenvalue weighted by Gasteiger charge is -2.06. The molecule has 0 saturated heterocycles. The van der Waals surface area contributed by atoms with E-state index in [4.69, 9.17) is 4.74 Å². The zero-order valence-corrected chi connectivity index (χ0v) is 10.1. The van der Waals surface area contributed by atoms with Gasteiger partial charge in [-0.25, -0.2) is 0 Å². The molecule has 0 radical (unpaired) electrons. The fourth-order valence-electron chi connectivity index (χ4n) is 2.14. The number of Topliss-reactive ketones (excluding diaryl/α,β-unsaturated/α-hetero) is 1. The summed E-state index contributed by atoms with van der Waals surface area (Å²) in [7, 11) is 0. The van der Waals surface area contributed by atoms with Gasteiger partial charge in [0.05, 0.1) is 5.92 Å². The number of ether oxygens (including phenoxy) is 1. The molecule has 1 unspecified atom stereocenters. The van der Waals surface area contributed by atoms with Gasteiger partial charge in [0.1, 0.15) is 18.1 Å². The molecular weight excluding hydrogens is 232 g/mol. The normalized spacial score (nSPS) is 17.5. The van der Waals surface area contributed by atoms with E-state index < -0.39 is 0 Å². The van der Waals surface area contributed by atoms with Crippen LogP contribution in [0.3, 0.4) is 0 Å². The van der Waals surface area contributed by atoms with Crippen molar-refractivity contribution in [2.75, 3.05) is 6.61 Å². The highest BCUT2D eigenvalue weighted by atomic mass is 32.1. The largest absolute Gasteiger partial charge is 0.492 e. The molecule has 86 valence electrons. The Morgan fingerprint density at radius 3 is 3.00 bits per heavy atom. The van der Waals surface area contributed by atoms with Gasteiger partial charge in [-0.05, 0) is 17.5 Å². The highest BCUT2D eigenvalue weighted by molar-refractivity contribution is 7.10. The second-order valence-corrected chi connectivity index (χ2v) is 5.16. The van der Waals surface area contributed by atoms with Gasteiger partial charge in [-0.15, -0.1) is 11.3 Å². The fourth-order valence-corrected chi connectivity index (χ4v) is 2.85. The molecule has 17 heavy (non-hydrogen) atoms. The summed E-state index contributed by atoms with van der Waals surface area (Å²) in [6.07, 6.45) is 0.514. The summed E-state index contributed by atoms with van der Waals surface area (Å²) >= 11 is 1.63. The van der Waals surface area contributed by atoms with Crippen molar-refractivity contribution in [1.82, 2.24) is 0 Å². The van der Waals surface area contributed by atoms with Crippen LogP contribution in [0.2, 0.25) is 0 Å². The van der Waals surface area contributed by atoms with E-state index in [9.17, 15) is 4.79 Å². The summed E-state index contributed by atoms with van der Waals surface area (Å²) in [4.78, 5) is 13.3. The molecule has 1 aromatic heterocycles. The number of fused-ring (bicyclic) bond motifs is 1. The van der Waals surface area contributed by atoms with Gasteiger partial charge in [0.25, 0.3) is 0 Å². The molecule has 0 N–H and O–H groups in total. The Labute approximate surface area is 104 Å². The quantitative estimate of drug-likeness (QED) is 0.829. The van der Waals surface area contributed by atoms with Crippen LogP contribution >= 0.6 is 11.3 Å². The Morgan fingerprint density at radius 1 is 1.29 bits per heavy atom. The van der Waals surface area contributed by atoms with Crippen LogP contribution < -0.4 is 4.74 Å². The molecule has 0 saturated carbocycles. The van der Waals surface area contributed by atoms with Gasteiger partial charge >= 0.3 is 0 Å². The number of hydrogen-bond donors (Lipinski definition) is 0. The van der Waals surface area contributed by atoms with Crippen molar-refractivity contribution in [3.63, 3.8) is 0 Å². The zero-order valence-electron chi connectivity index (χ0n) is 9.26. The molecule has 2 aromatic rings. The number of benzene rings is 1. The minimum absolute atomic E-state index is 0.0895. The number of carbonyl (C=O) groups excluding carboxylic acids is 1. The fraction of sp³-hybridized carbons (Fsp3) is 0.214. The standard InChI is InChI=1S/C14H12O2S/c15-13(8-10-4-3-7-17-10)12-9-16-14-6-2-1-5-11(12)14/h1-7,12H,8-9H2. The molecule has 3 rings (SSSR count). The summed E-state index contributed by atoms with van der Waals surface area (Å²) in [6.45, 7) is 0.490. The molecule has 0 spiro atoms.